The van der Waals surface area contributed by atoms with Crippen LogP contribution in [-0.2, 0) is 14.3 Å². The molecule has 30 heavy (non-hydrogen) atoms. The average Bonchev–Trinajstić information content (AvgIpc) is 2.71. The highest BCUT2D eigenvalue weighted by Gasteiger charge is 2.19. The minimum atomic E-state index is -0.511. The number of benzene rings is 2. The zero-order chi connectivity index (χ0) is 22.1. The average molecular weight is 432 g/mol. The standard InChI is InChI=1S/C23H26ClNO5/c1-15(2)30-22(27)14-19(17-8-6-5-7-9-17)25-21(26)11-10-16-12-18(24)23(29-4)20(13-16)28-3/h5-13,15,19H,14H2,1-4H3,(H,25,26)/b11-10+. The van der Waals surface area contributed by atoms with Crippen molar-refractivity contribution in [2.75, 3.05) is 14.2 Å². The SMILES string of the molecule is COc1cc(/C=C/C(=O)NC(CC(=O)OC(C)C)c2ccccc2)cc(Cl)c1OC. The van der Waals surface area contributed by atoms with Crippen molar-refractivity contribution >= 4 is 29.6 Å². The second-order valence-electron chi connectivity index (χ2n) is 6.79. The molecule has 1 N–H and O–H groups in total. The number of rotatable bonds is 9. The van der Waals surface area contributed by atoms with E-state index in [1.54, 1.807) is 32.1 Å². The maximum atomic E-state index is 12.5. The molecule has 0 heterocycles. The summed E-state index contributed by atoms with van der Waals surface area (Å²) in [6, 6.07) is 12.1. The Morgan fingerprint density at radius 1 is 1.10 bits per heavy atom. The molecule has 1 unspecified atom stereocenters. The Kier molecular flexibility index (Phi) is 8.74. The number of methoxy groups -OCH3 is 2. The van der Waals surface area contributed by atoms with Crippen molar-refractivity contribution in [1.29, 1.82) is 0 Å². The molecule has 2 rings (SSSR count). The van der Waals surface area contributed by atoms with Gasteiger partial charge in [0, 0.05) is 6.08 Å². The molecule has 0 aromatic heterocycles. The minimum absolute atomic E-state index is 0.0317. The lowest BCUT2D eigenvalue weighted by Crippen LogP contribution is -2.29. The molecule has 0 radical (unpaired) electrons. The molecule has 0 spiro atoms. The van der Waals surface area contributed by atoms with E-state index in [0.717, 1.165) is 5.56 Å². The van der Waals surface area contributed by atoms with Crippen LogP contribution < -0.4 is 14.8 Å². The molecule has 2 aromatic rings. The van der Waals surface area contributed by atoms with Gasteiger partial charge in [0.2, 0.25) is 5.91 Å². The molecule has 0 fully saturated rings. The van der Waals surface area contributed by atoms with Crippen molar-refractivity contribution in [1.82, 2.24) is 5.32 Å². The van der Waals surface area contributed by atoms with Crippen LogP contribution in [0.2, 0.25) is 5.02 Å². The first-order valence-corrected chi connectivity index (χ1v) is 9.86. The lowest BCUT2D eigenvalue weighted by molar-refractivity contribution is -0.148. The molecular formula is C23H26ClNO5. The Bertz CT molecular complexity index is 896. The maximum Gasteiger partial charge on any atom is 0.308 e. The number of nitrogens with one attached hydrogen (secondary N) is 1. The Hall–Kier alpha value is -2.99. The number of carbonyl (C=O) groups is 2. The van der Waals surface area contributed by atoms with Gasteiger partial charge < -0.3 is 19.5 Å². The van der Waals surface area contributed by atoms with E-state index in [0.29, 0.717) is 22.1 Å². The van der Waals surface area contributed by atoms with Crippen LogP contribution in [-0.4, -0.2) is 32.2 Å². The van der Waals surface area contributed by atoms with E-state index in [9.17, 15) is 9.59 Å². The highest BCUT2D eigenvalue weighted by Crippen LogP contribution is 2.36. The lowest BCUT2D eigenvalue weighted by atomic mass is 10.0. The summed E-state index contributed by atoms with van der Waals surface area (Å²) in [7, 11) is 3.01. The summed E-state index contributed by atoms with van der Waals surface area (Å²) in [6.45, 7) is 3.57. The molecule has 160 valence electrons. The van der Waals surface area contributed by atoms with Crippen LogP contribution in [0.5, 0.6) is 11.5 Å². The Balaban J connectivity index is 2.15. The number of halogens is 1. The molecule has 0 aliphatic carbocycles. The highest BCUT2D eigenvalue weighted by atomic mass is 35.5. The molecule has 0 bridgehead atoms. The van der Waals surface area contributed by atoms with Crippen LogP contribution in [0.25, 0.3) is 6.08 Å². The van der Waals surface area contributed by atoms with Gasteiger partial charge >= 0.3 is 5.97 Å². The fraction of sp³-hybridized carbons (Fsp3) is 0.304. The third-order valence-electron chi connectivity index (χ3n) is 4.14. The van der Waals surface area contributed by atoms with E-state index in [1.165, 1.54) is 20.3 Å². The van der Waals surface area contributed by atoms with Crippen LogP contribution in [0, 0.1) is 0 Å². The maximum absolute atomic E-state index is 12.5. The molecule has 0 saturated carbocycles. The van der Waals surface area contributed by atoms with Crippen molar-refractivity contribution < 1.29 is 23.8 Å². The van der Waals surface area contributed by atoms with E-state index in [2.05, 4.69) is 5.32 Å². The van der Waals surface area contributed by atoms with Gasteiger partial charge in [-0.1, -0.05) is 41.9 Å². The summed E-state index contributed by atoms with van der Waals surface area (Å²) in [5.41, 5.74) is 1.48. The summed E-state index contributed by atoms with van der Waals surface area (Å²) >= 11 is 6.20. The number of ether oxygens (including phenoxy) is 3. The van der Waals surface area contributed by atoms with Crippen LogP contribution >= 0.6 is 11.6 Å². The quantitative estimate of drug-likeness (QED) is 0.465. The summed E-state index contributed by atoms with van der Waals surface area (Å²) in [4.78, 5) is 24.7. The third-order valence-corrected chi connectivity index (χ3v) is 4.42. The number of esters is 1. The molecule has 2 aromatic carbocycles. The molecule has 7 heteroatoms. The molecule has 6 nitrogen and oxygen atoms in total. The zero-order valence-corrected chi connectivity index (χ0v) is 18.2. The van der Waals surface area contributed by atoms with Gasteiger partial charge in [-0.25, -0.2) is 0 Å². The number of hydrogen-bond donors (Lipinski definition) is 1. The molecule has 0 aliphatic heterocycles. The second kappa shape index (κ2) is 11.3. The van der Waals surface area contributed by atoms with Crippen molar-refractivity contribution in [2.45, 2.75) is 32.4 Å². The summed E-state index contributed by atoms with van der Waals surface area (Å²) in [5.74, 6) is 0.152. The van der Waals surface area contributed by atoms with Gasteiger partial charge in [0.05, 0.1) is 37.8 Å². The predicted molar refractivity (Wildman–Crippen MR) is 117 cm³/mol. The van der Waals surface area contributed by atoms with Crippen molar-refractivity contribution in [2.24, 2.45) is 0 Å². The van der Waals surface area contributed by atoms with Crippen molar-refractivity contribution in [3.63, 3.8) is 0 Å². The monoisotopic (exact) mass is 431 g/mol. The van der Waals surface area contributed by atoms with Gasteiger partial charge in [0.1, 0.15) is 0 Å². The smallest absolute Gasteiger partial charge is 0.308 e. The van der Waals surface area contributed by atoms with E-state index < -0.39 is 6.04 Å². The minimum Gasteiger partial charge on any atom is -0.493 e. The van der Waals surface area contributed by atoms with Gasteiger partial charge in [-0.3, -0.25) is 9.59 Å². The van der Waals surface area contributed by atoms with Gasteiger partial charge in [-0.15, -0.1) is 0 Å². The summed E-state index contributed by atoms with van der Waals surface area (Å²) in [6.07, 6.45) is 2.79. The molecule has 1 atom stereocenters. The van der Waals surface area contributed by atoms with Crippen LogP contribution in [0.15, 0.2) is 48.5 Å². The van der Waals surface area contributed by atoms with Crippen LogP contribution in [0.4, 0.5) is 0 Å². The second-order valence-corrected chi connectivity index (χ2v) is 7.19. The number of hydrogen-bond acceptors (Lipinski definition) is 5. The largest absolute Gasteiger partial charge is 0.493 e. The van der Waals surface area contributed by atoms with Gasteiger partial charge in [-0.05, 0) is 43.2 Å². The lowest BCUT2D eigenvalue weighted by Gasteiger charge is -2.18. The normalized spacial score (nSPS) is 11.9. The van der Waals surface area contributed by atoms with Crippen LogP contribution in [0.3, 0.4) is 0 Å². The first-order chi connectivity index (χ1) is 14.3. The van der Waals surface area contributed by atoms with Gasteiger partial charge in [0.25, 0.3) is 0 Å². The van der Waals surface area contributed by atoms with E-state index in [1.807, 2.05) is 30.3 Å². The molecular weight excluding hydrogens is 406 g/mol. The molecule has 0 saturated heterocycles. The molecule has 0 aliphatic rings. The first-order valence-electron chi connectivity index (χ1n) is 9.48. The highest BCUT2D eigenvalue weighted by molar-refractivity contribution is 6.32. The fourth-order valence-electron chi connectivity index (χ4n) is 2.84. The predicted octanol–water partition coefficient (Wildman–Crippen LogP) is 4.57. The van der Waals surface area contributed by atoms with Gasteiger partial charge in [0.15, 0.2) is 11.5 Å². The van der Waals surface area contributed by atoms with Crippen molar-refractivity contribution in [3.05, 3.63) is 64.7 Å². The molecule has 1 amide bonds. The Labute approximate surface area is 181 Å². The number of amides is 1. The Morgan fingerprint density at radius 2 is 1.80 bits per heavy atom. The fourth-order valence-corrected chi connectivity index (χ4v) is 3.14. The Morgan fingerprint density at radius 3 is 2.40 bits per heavy atom. The first kappa shape index (κ1) is 23.3. The van der Waals surface area contributed by atoms with Crippen LogP contribution in [0.1, 0.15) is 37.4 Å². The third kappa shape index (κ3) is 6.81. The van der Waals surface area contributed by atoms with E-state index in [4.69, 9.17) is 25.8 Å². The zero-order valence-electron chi connectivity index (χ0n) is 17.5. The summed E-state index contributed by atoms with van der Waals surface area (Å²) in [5, 5.41) is 3.23. The van der Waals surface area contributed by atoms with E-state index >= 15 is 0 Å². The summed E-state index contributed by atoms with van der Waals surface area (Å²) < 4.78 is 15.7. The topological polar surface area (TPSA) is 73.9 Å². The van der Waals surface area contributed by atoms with Crippen molar-refractivity contribution in [3.8, 4) is 11.5 Å². The van der Waals surface area contributed by atoms with E-state index in [-0.39, 0.29) is 24.4 Å². The number of carbonyl (C=O) groups excluding carboxylic acids is 2. The van der Waals surface area contributed by atoms with Gasteiger partial charge in [-0.2, -0.15) is 0 Å².